The molecule has 1 amide bonds. The second-order valence-corrected chi connectivity index (χ2v) is 5.22. The van der Waals surface area contributed by atoms with Gasteiger partial charge in [-0.2, -0.15) is 0 Å². The van der Waals surface area contributed by atoms with Gasteiger partial charge in [-0.25, -0.2) is 4.39 Å². The largest absolute Gasteiger partial charge is 0.386 e. The molecule has 0 fully saturated rings. The number of rotatable bonds is 6. The molecule has 0 saturated carbocycles. The van der Waals surface area contributed by atoms with Crippen molar-refractivity contribution >= 4 is 12.1 Å². The van der Waals surface area contributed by atoms with Gasteiger partial charge in [-0.05, 0) is 42.2 Å². The van der Waals surface area contributed by atoms with Crippen molar-refractivity contribution in [1.29, 1.82) is 0 Å². The Morgan fingerprint density at radius 1 is 1.22 bits per heavy atom. The third kappa shape index (κ3) is 5.21. The predicted octanol–water partition coefficient (Wildman–Crippen LogP) is 3.11. The molecule has 0 atom stereocenters. The maximum atomic E-state index is 13.4. The highest BCUT2D eigenvalue weighted by atomic mass is 19.1. The highest BCUT2D eigenvalue weighted by Gasteiger charge is 2.03. The van der Waals surface area contributed by atoms with Crippen LogP contribution < -0.4 is 5.32 Å². The number of nitrogens with zero attached hydrogens (tertiary/aromatic N) is 1. The molecule has 0 aliphatic heterocycles. The van der Waals surface area contributed by atoms with Gasteiger partial charge < -0.3 is 10.2 Å². The van der Waals surface area contributed by atoms with Crippen LogP contribution in [-0.4, -0.2) is 18.7 Å². The Balaban J connectivity index is 1.75. The lowest BCUT2D eigenvalue weighted by atomic mass is 10.1. The van der Waals surface area contributed by atoms with Crippen LogP contribution in [0.5, 0.6) is 0 Å². The number of aryl methyl sites for hydroxylation is 2. The fourth-order valence-electron chi connectivity index (χ4n) is 1.92. The highest BCUT2D eigenvalue weighted by molar-refractivity contribution is 5.81. The van der Waals surface area contributed by atoms with Crippen molar-refractivity contribution in [2.45, 2.75) is 20.4 Å². The van der Waals surface area contributed by atoms with Crippen molar-refractivity contribution in [3.8, 4) is 0 Å². The molecule has 0 unspecified atom stereocenters. The van der Waals surface area contributed by atoms with Gasteiger partial charge >= 0.3 is 0 Å². The molecule has 5 heteroatoms. The molecule has 0 spiro atoms. The molecular weight excluding hydrogens is 295 g/mol. The SMILES string of the molecule is Cc1ccc(CNC(=O)CO/N=C/c2ccccc2C)cc1F. The molecule has 0 aromatic heterocycles. The van der Waals surface area contributed by atoms with Crippen LogP contribution in [0.3, 0.4) is 0 Å². The van der Waals surface area contributed by atoms with E-state index in [1.165, 1.54) is 6.07 Å². The zero-order valence-corrected chi connectivity index (χ0v) is 13.2. The standard InChI is InChI=1S/C18H19FN2O2/c1-13-5-3-4-6-16(13)11-21-23-12-18(22)20-10-15-8-7-14(2)17(19)9-15/h3-9,11H,10,12H2,1-2H3,(H,20,22)/b21-11+. The second kappa shape index (κ2) is 8.08. The highest BCUT2D eigenvalue weighted by Crippen LogP contribution is 2.08. The normalized spacial score (nSPS) is 10.7. The van der Waals surface area contributed by atoms with Gasteiger partial charge in [-0.3, -0.25) is 4.79 Å². The van der Waals surface area contributed by atoms with Crippen LogP contribution in [0, 0.1) is 19.7 Å². The Hall–Kier alpha value is -2.69. The van der Waals surface area contributed by atoms with E-state index in [0.29, 0.717) is 11.1 Å². The summed E-state index contributed by atoms with van der Waals surface area (Å²) in [7, 11) is 0. The lowest BCUT2D eigenvalue weighted by Gasteiger charge is -2.06. The summed E-state index contributed by atoms with van der Waals surface area (Å²) in [6.07, 6.45) is 1.57. The molecule has 0 bridgehead atoms. The number of amides is 1. The monoisotopic (exact) mass is 314 g/mol. The van der Waals surface area contributed by atoms with Crippen molar-refractivity contribution in [2.75, 3.05) is 6.61 Å². The lowest BCUT2D eigenvalue weighted by Crippen LogP contribution is -2.26. The number of hydrogen-bond acceptors (Lipinski definition) is 3. The third-order valence-corrected chi connectivity index (χ3v) is 3.38. The summed E-state index contributed by atoms with van der Waals surface area (Å²) in [6, 6.07) is 12.6. The quantitative estimate of drug-likeness (QED) is 0.658. The van der Waals surface area contributed by atoms with Crippen LogP contribution in [0.25, 0.3) is 0 Å². The molecule has 120 valence electrons. The number of nitrogens with one attached hydrogen (secondary N) is 1. The molecule has 0 radical (unpaired) electrons. The summed E-state index contributed by atoms with van der Waals surface area (Å²) in [5, 5.41) is 6.43. The Morgan fingerprint density at radius 3 is 2.74 bits per heavy atom. The van der Waals surface area contributed by atoms with E-state index in [0.717, 1.165) is 11.1 Å². The fourth-order valence-corrected chi connectivity index (χ4v) is 1.92. The zero-order valence-electron chi connectivity index (χ0n) is 13.2. The van der Waals surface area contributed by atoms with Gasteiger partial charge in [0, 0.05) is 6.54 Å². The van der Waals surface area contributed by atoms with Gasteiger partial charge in [0.1, 0.15) is 5.82 Å². The summed E-state index contributed by atoms with van der Waals surface area (Å²) in [4.78, 5) is 16.6. The Bertz CT molecular complexity index is 714. The Kier molecular flexibility index (Phi) is 5.86. The molecular formula is C18H19FN2O2. The van der Waals surface area contributed by atoms with Gasteiger partial charge in [-0.15, -0.1) is 0 Å². The first-order valence-corrected chi connectivity index (χ1v) is 7.29. The zero-order chi connectivity index (χ0) is 16.7. The molecule has 0 aliphatic rings. The van der Waals surface area contributed by atoms with Gasteiger partial charge in [0.2, 0.25) is 0 Å². The molecule has 23 heavy (non-hydrogen) atoms. The molecule has 4 nitrogen and oxygen atoms in total. The smallest absolute Gasteiger partial charge is 0.261 e. The number of benzene rings is 2. The maximum Gasteiger partial charge on any atom is 0.261 e. The minimum absolute atomic E-state index is 0.184. The number of carbonyl (C=O) groups is 1. The number of oxime groups is 1. The molecule has 2 aromatic rings. The summed E-state index contributed by atoms with van der Waals surface area (Å²) >= 11 is 0. The molecule has 2 rings (SSSR count). The van der Waals surface area contributed by atoms with Crippen molar-refractivity contribution < 1.29 is 14.0 Å². The van der Waals surface area contributed by atoms with Gasteiger partial charge in [-0.1, -0.05) is 41.6 Å². The van der Waals surface area contributed by atoms with Crippen LogP contribution in [-0.2, 0) is 16.2 Å². The second-order valence-electron chi connectivity index (χ2n) is 5.22. The maximum absolute atomic E-state index is 13.4. The van der Waals surface area contributed by atoms with Crippen molar-refractivity contribution in [2.24, 2.45) is 5.16 Å². The summed E-state index contributed by atoms with van der Waals surface area (Å²) in [5.41, 5.74) is 3.28. The lowest BCUT2D eigenvalue weighted by molar-refractivity contribution is -0.125. The Labute approximate surface area is 135 Å². The van der Waals surface area contributed by atoms with Crippen LogP contribution in [0.2, 0.25) is 0 Å². The predicted molar refractivity (Wildman–Crippen MR) is 87.7 cm³/mol. The van der Waals surface area contributed by atoms with Gasteiger partial charge in [0.05, 0.1) is 6.21 Å². The van der Waals surface area contributed by atoms with Crippen LogP contribution in [0.1, 0.15) is 22.3 Å². The van der Waals surface area contributed by atoms with E-state index in [1.807, 2.05) is 31.2 Å². The summed E-state index contributed by atoms with van der Waals surface area (Å²) in [5.74, 6) is -0.594. The molecule has 2 aromatic carbocycles. The van der Waals surface area contributed by atoms with Crippen molar-refractivity contribution in [3.63, 3.8) is 0 Å². The first-order chi connectivity index (χ1) is 11.1. The van der Waals surface area contributed by atoms with E-state index < -0.39 is 0 Å². The molecule has 0 aliphatic carbocycles. The third-order valence-electron chi connectivity index (χ3n) is 3.38. The number of hydrogen-bond donors (Lipinski definition) is 1. The molecule has 0 saturated heterocycles. The summed E-state index contributed by atoms with van der Waals surface area (Å²) < 4.78 is 13.4. The molecule has 1 N–H and O–H groups in total. The topological polar surface area (TPSA) is 50.7 Å². The van der Waals surface area contributed by atoms with Crippen LogP contribution >= 0.6 is 0 Å². The van der Waals surface area contributed by atoms with E-state index >= 15 is 0 Å². The van der Waals surface area contributed by atoms with Crippen LogP contribution in [0.15, 0.2) is 47.6 Å². The first-order valence-electron chi connectivity index (χ1n) is 7.29. The average molecular weight is 314 g/mol. The van der Waals surface area contributed by atoms with E-state index in [-0.39, 0.29) is 24.9 Å². The average Bonchev–Trinajstić information content (AvgIpc) is 2.54. The van der Waals surface area contributed by atoms with E-state index in [9.17, 15) is 9.18 Å². The van der Waals surface area contributed by atoms with Gasteiger partial charge in [0.15, 0.2) is 6.61 Å². The van der Waals surface area contributed by atoms with E-state index in [1.54, 1.807) is 25.3 Å². The van der Waals surface area contributed by atoms with E-state index in [4.69, 9.17) is 4.84 Å². The fraction of sp³-hybridized carbons (Fsp3) is 0.222. The van der Waals surface area contributed by atoms with Crippen molar-refractivity contribution in [3.05, 3.63) is 70.5 Å². The van der Waals surface area contributed by atoms with Crippen LogP contribution in [0.4, 0.5) is 4.39 Å². The number of halogens is 1. The van der Waals surface area contributed by atoms with E-state index in [2.05, 4.69) is 10.5 Å². The van der Waals surface area contributed by atoms with Crippen molar-refractivity contribution in [1.82, 2.24) is 5.32 Å². The minimum Gasteiger partial charge on any atom is -0.386 e. The minimum atomic E-state index is -0.312. The number of carbonyl (C=O) groups excluding carboxylic acids is 1. The Morgan fingerprint density at radius 2 is 2.00 bits per heavy atom. The molecule has 0 heterocycles. The first kappa shape index (κ1) is 16.7. The summed E-state index contributed by atoms with van der Waals surface area (Å²) in [6.45, 7) is 3.73. The van der Waals surface area contributed by atoms with Gasteiger partial charge in [0.25, 0.3) is 5.91 Å².